The summed E-state index contributed by atoms with van der Waals surface area (Å²) in [5, 5.41) is 3.12. The third-order valence-electron chi connectivity index (χ3n) is 2.49. The molecule has 0 heterocycles. The van der Waals surface area contributed by atoms with Crippen LogP contribution in [0.5, 0.6) is 11.5 Å². The van der Waals surface area contributed by atoms with Crippen LogP contribution in [0.4, 0.5) is 0 Å². The molecule has 0 aliphatic heterocycles. The second-order valence-corrected chi connectivity index (χ2v) is 4.43. The number of carbonyl (C=O) groups excluding carboxylic acids is 1. The number of methoxy groups -OCH3 is 3. The molecule has 0 radical (unpaired) electrons. The lowest BCUT2D eigenvalue weighted by atomic mass is 10.1. The molecule has 19 heavy (non-hydrogen) atoms. The van der Waals surface area contributed by atoms with Crippen LogP contribution in [0.1, 0.15) is 17.3 Å². The summed E-state index contributed by atoms with van der Waals surface area (Å²) in [5.74, 6) is 0.581. The normalized spacial score (nSPS) is 11.8. The van der Waals surface area contributed by atoms with E-state index in [0.717, 1.165) is 0 Å². The van der Waals surface area contributed by atoms with E-state index in [1.54, 1.807) is 13.2 Å². The van der Waals surface area contributed by atoms with Gasteiger partial charge in [-0.25, -0.2) is 0 Å². The molecule has 0 spiro atoms. The van der Waals surface area contributed by atoms with Gasteiger partial charge in [-0.3, -0.25) is 4.79 Å². The maximum Gasteiger partial charge on any atom is 0.251 e. The van der Waals surface area contributed by atoms with Crippen molar-refractivity contribution in [3.63, 3.8) is 0 Å². The molecule has 0 aromatic heterocycles. The van der Waals surface area contributed by atoms with Crippen LogP contribution in [0.2, 0.25) is 5.02 Å². The fourth-order valence-electron chi connectivity index (χ4n) is 1.65. The average molecular weight is 288 g/mol. The van der Waals surface area contributed by atoms with E-state index < -0.39 is 0 Å². The fourth-order valence-corrected chi connectivity index (χ4v) is 1.94. The first kappa shape index (κ1) is 15.6. The first-order chi connectivity index (χ1) is 9.03. The van der Waals surface area contributed by atoms with E-state index in [9.17, 15) is 4.79 Å². The van der Waals surface area contributed by atoms with Gasteiger partial charge in [0, 0.05) is 18.7 Å². The Hall–Kier alpha value is -1.46. The SMILES string of the molecule is COC[C@H](C)NC(=O)c1cc(Cl)c(OC)c(OC)c1. The standard InChI is InChI=1S/C13H18ClNO4/c1-8(7-17-2)15-13(16)9-5-10(14)12(19-4)11(6-9)18-3/h5-6,8H,7H2,1-4H3,(H,15,16)/t8-/m0/s1. The van der Waals surface area contributed by atoms with Crippen LogP contribution in [0.15, 0.2) is 12.1 Å². The summed E-state index contributed by atoms with van der Waals surface area (Å²) in [6.45, 7) is 2.29. The van der Waals surface area contributed by atoms with E-state index in [-0.39, 0.29) is 11.9 Å². The first-order valence-corrected chi connectivity index (χ1v) is 6.12. The molecular weight excluding hydrogens is 270 g/mol. The summed E-state index contributed by atoms with van der Waals surface area (Å²) in [6, 6.07) is 3.03. The largest absolute Gasteiger partial charge is 0.493 e. The molecule has 1 N–H and O–H groups in total. The molecular formula is C13H18ClNO4. The molecule has 0 aliphatic rings. The van der Waals surface area contributed by atoms with Crippen molar-refractivity contribution in [2.45, 2.75) is 13.0 Å². The van der Waals surface area contributed by atoms with E-state index >= 15 is 0 Å². The second kappa shape index (κ2) is 7.21. The Bertz CT molecular complexity index is 451. The Morgan fingerprint density at radius 1 is 1.32 bits per heavy atom. The first-order valence-electron chi connectivity index (χ1n) is 5.74. The average Bonchev–Trinajstić information content (AvgIpc) is 2.37. The van der Waals surface area contributed by atoms with Crippen LogP contribution < -0.4 is 14.8 Å². The number of amides is 1. The van der Waals surface area contributed by atoms with Crippen molar-refractivity contribution in [2.75, 3.05) is 27.9 Å². The maximum absolute atomic E-state index is 12.0. The van der Waals surface area contributed by atoms with E-state index in [1.807, 2.05) is 6.92 Å². The molecule has 6 heteroatoms. The topological polar surface area (TPSA) is 56.8 Å². The molecule has 0 saturated heterocycles. The third-order valence-corrected chi connectivity index (χ3v) is 2.77. The van der Waals surface area contributed by atoms with Gasteiger partial charge in [0.25, 0.3) is 5.91 Å². The van der Waals surface area contributed by atoms with Crippen LogP contribution in [-0.4, -0.2) is 39.9 Å². The van der Waals surface area contributed by atoms with Gasteiger partial charge in [-0.1, -0.05) is 11.6 Å². The molecule has 0 unspecified atom stereocenters. The summed E-state index contributed by atoms with van der Waals surface area (Å²) < 4.78 is 15.2. The number of benzene rings is 1. The van der Waals surface area contributed by atoms with Gasteiger partial charge < -0.3 is 19.5 Å². The quantitative estimate of drug-likeness (QED) is 0.871. The number of carbonyl (C=O) groups is 1. The van der Waals surface area contributed by atoms with Crippen molar-refractivity contribution in [1.82, 2.24) is 5.32 Å². The summed E-state index contributed by atoms with van der Waals surface area (Å²) in [5.41, 5.74) is 0.408. The molecule has 1 atom stereocenters. The summed E-state index contributed by atoms with van der Waals surface area (Å²) >= 11 is 6.05. The van der Waals surface area contributed by atoms with E-state index in [2.05, 4.69) is 5.32 Å². The number of ether oxygens (including phenoxy) is 3. The van der Waals surface area contributed by atoms with Gasteiger partial charge in [0.05, 0.1) is 25.8 Å². The van der Waals surface area contributed by atoms with Gasteiger partial charge in [0.1, 0.15) is 0 Å². The molecule has 0 bridgehead atoms. The van der Waals surface area contributed by atoms with Crippen LogP contribution in [-0.2, 0) is 4.74 Å². The minimum absolute atomic E-state index is 0.0932. The maximum atomic E-state index is 12.0. The van der Waals surface area contributed by atoms with Gasteiger partial charge in [0.2, 0.25) is 0 Å². The summed E-state index contributed by atoms with van der Waals surface area (Å²) in [6.07, 6.45) is 0. The smallest absolute Gasteiger partial charge is 0.251 e. The lowest BCUT2D eigenvalue weighted by Gasteiger charge is -2.15. The van der Waals surface area contributed by atoms with Crippen molar-refractivity contribution in [1.29, 1.82) is 0 Å². The second-order valence-electron chi connectivity index (χ2n) is 4.02. The van der Waals surface area contributed by atoms with Crippen molar-refractivity contribution < 1.29 is 19.0 Å². The van der Waals surface area contributed by atoms with Crippen LogP contribution in [0.25, 0.3) is 0 Å². The molecule has 0 aliphatic carbocycles. The van der Waals surface area contributed by atoms with Crippen molar-refractivity contribution in [2.24, 2.45) is 0 Å². The zero-order valence-corrected chi connectivity index (χ0v) is 12.2. The molecule has 1 rings (SSSR count). The number of rotatable bonds is 6. The highest BCUT2D eigenvalue weighted by molar-refractivity contribution is 6.32. The Morgan fingerprint density at radius 2 is 2.00 bits per heavy atom. The lowest BCUT2D eigenvalue weighted by molar-refractivity contribution is 0.0905. The van der Waals surface area contributed by atoms with Gasteiger partial charge in [-0.15, -0.1) is 0 Å². The van der Waals surface area contributed by atoms with Gasteiger partial charge in [-0.2, -0.15) is 0 Å². The van der Waals surface area contributed by atoms with Crippen molar-refractivity contribution in [3.8, 4) is 11.5 Å². The number of hydrogen-bond donors (Lipinski definition) is 1. The Labute approximate surface area is 117 Å². The predicted molar refractivity (Wildman–Crippen MR) is 73.4 cm³/mol. The van der Waals surface area contributed by atoms with Gasteiger partial charge in [0.15, 0.2) is 11.5 Å². The highest BCUT2D eigenvalue weighted by Gasteiger charge is 2.16. The third kappa shape index (κ3) is 4.01. The molecule has 1 aromatic carbocycles. The zero-order valence-electron chi connectivity index (χ0n) is 11.5. The summed E-state index contributed by atoms with van der Waals surface area (Å²) in [4.78, 5) is 12.0. The van der Waals surface area contributed by atoms with Crippen molar-refractivity contribution >= 4 is 17.5 Å². The molecule has 5 nitrogen and oxygen atoms in total. The Balaban J connectivity index is 2.95. The van der Waals surface area contributed by atoms with Crippen LogP contribution in [0.3, 0.4) is 0 Å². The lowest BCUT2D eigenvalue weighted by Crippen LogP contribution is -2.35. The predicted octanol–water partition coefficient (Wildman–Crippen LogP) is 2.12. The van der Waals surface area contributed by atoms with E-state index in [1.165, 1.54) is 20.3 Å². The molecule has 0 fully saturated rings. The van der Waals surface area contributed by atoms with Crippen molar-refractivity contribution in [3.05, 3.63) is 22.7 Å². The Morgan fingerprint density at radius 3 is 2.53 bits per heavy atom. The minimum atomic E-state index is -0.243. The monoisotopic (exact) mass is 287 g/mol. The molecule has 1 amide bonds. The number of hydrogen-bond acceptors (Lipinski definition) is 4. The van der Waals surface area contributed by atoms with Crippen LogP contribution in [0, 0.1) is 0 Å². The van der Waals surface area contributed by atoms with E-state index in [4.69, 9.17) is 25.8 Å². The Kier molecular flexibility index (Phi) is 5.92. The van der Waals surface area contributed by atoms with Gasteiger partial charge >= 0.3 is 0 Å². The fraction of sp³-hybridized carbons (Fsp3) is 0.462. The molecule has 1 aromatic rings. The number of halogens is 1. The highest BCUT2D eigenvalue weighted by atomic mass is 35.5. The van der Waals surface area contributed by atoms with Gasteiger partial charge in [-0.05, 0) is 19.1 Å². The molecule has 0 saturated carbocycles. The summed E-state index contributed by atoms with van der Waals surface area (Å²) in [7, 11) is 4.56. The van der Waals surface area contributed by atoms with Crippen LogP contribution >= 0.6 is 11.6 Å². The highest BCUT2D eigenvalue weighted by Crippen LogP contribution is 2.35. The van der Waals surface area contributed by atoms with E-state index in [0.29, 0.717) is 28.7 Å². The molecule has 106 valence electrons. The minimum Gasteiger partial charge on any atom is -0.493 e. The number of nitrogens with one attached hydrogen (secondary N) is 1. The zero-order chi connectivity index (χ0) is 14.4.